The van der Waals surface area contributed by atoms with Crippen molar-refractivity contribution in [1.29, 1.82) is 0 Å². The van der Waals surface area contributed by atoms with Crippen LogP contribution in [0.1, 0.15) is 68.7 Å². The van der Waals surface area contributed by atoms with E-state index in [-0.39, 0.29) is 70.9 Å². The lowest BCUT2D eigenvalue weighted by Crippen LogP contribution is -2.57. The number of carbonyl (C=O) groups excluding carboxylic acids is 2. The molecule has 338 valence electrons. The second-order valence-electron chi connectivity index (χ2n) is 17.8. The number of benzene rings is 3. The highest BCUT2D eigenvalue weighted by molar-refractivity contribution is 6.34. The molecule has 2 aromatic heterocycles. The smallest absolute Gasteiger partial charge is 0.418 e. The zero-order valence-electron chi connectivity index (χ0n) is 36.4. The van der Waals surface area contributed by atoms with E-state index in [2.05, 4.69) is 9.97 Å². The normalized spacial score (nSPS) is 17.9. The summed E-state index contributed by atoms with van der Waals surface area (Å²) in [5, 5.41) is -0.217. The summed E-state index contributed by atoms with van der Waals surface area (Å²) in [6, 6.07) is 16.4. The highest BCUT2D eigenvalue weighted by atomic mass is 35.5. The number of pyridine rings is 1. The van der Waals surface area contributed by atoms with Gasteiger partial charge in [-0.05, 0) is 106 Å². The second-order valence-corrected chi connectivity index (χ2v) is 18.2. The lowest BCUT2D eigenvalue weighted by Gasteiger charge is -2.42. The first-order chi connectivity index (χ1) is 30.4. The number of hydrogen-bond acceptors (Lipinski definition) is 11. The molecule has 2 unspecified atom stereocenters. The standard InChI is InChI=1S/C47H49ClF4N6O6/c1-27-19-36(56(21-28-7-13-32(61-5)14-8-28)22-29-9-15-33(62-6)16-10-29)53-41(38(27)47(50,51)52)37-35(48)20-34-40(39(37)49)54-43(63-26-46(25-59)17-18-46)55-42(34)57-23-30-11-12-31(24-57)58(30)44(60)64-45(2,3)4/h7-10,13-16,19-20,25,30-31H,11-12,17-18,21-24,26H2,1-6H3. The number of anilines is 2. The number of aromatic nitrogens is 3. The molecule has 2 atom stereocenters. The average molecular weight is 905 g/mol. The van der Waals surface area contributed by atoms with E-state index >= 15 is 17.6 Å². The molecule has 0 N–H and O–H groups in total. The molecule has 0 radical (unpaired) electrons. The number of nitrogens with zero attached hydrogens (tertiary/aromatic N) is 6. The third-order valence-electron chi connectivity index (χ3n) is 12.0. The number of hydrogen-bond donors (Lipinski definition) is 0. The minimum absolute atomic E-state index is 0.0690. The molecule has 8 rings (SSSR count). The van der Waals surface area contributed by atoms with E-state index in [0.29, 0.717) is 50.3 Å². The lowest BCUT2D eigenvalue weighted by atomic mass is 9.98. The number of piperazine rings is 1. The van der Waals surface area contributed by atoms with Crippen LogP contribution in [0, 0.1) is 18.2 Å². The van der Waals surface area contributed by atoms with Crippen molar-refractivity contribution in [3.8, 4) is 28.8 Å². The number of ether oxygens (including phenoxy) is 4. The molecule has 2 saturated heterocycles. The minimum Gasteiger partial charge on any atom is -0.497 e. The maximum absolute atomic E-state index is 17.6. The Kier molecular flexibility index (Phi) is 12.0. The van der Waals surface area contributed by atoms with Gasteiger partial charge < -0.3 is 33.5 Å². The Morgan fingerprint density at radius 1 is 0.906 bits per heavy atom. The Bertz CT molecular complexity index is 2500. The van der Waals surface area contributed by atoms with Gasteiger partial charge in [0.15, 0.2) is 5.82 Å². The summed E-state index contributed by atoms with van der Waals surface area (Å²) in [5.74, 6) is 0.461. The first kappa shape index (κ1) is 44.7. The van der Waals surface area contributed by atoms with Gasteiger partial charge in [-0.2, -0.15) is 23.1 Å². The van der Waals surface area contributed by atoms with E-state index < -0.39 is 45.9 Å². The van der Waals surface area contributed by atoms with Gasteiger partial charge in [0.25, 0.3) is 0 Å². The first-order valence-electron chi connectivity index (χ1n) is 21.0. The molecule has 3 aliphatic rings. The Morgan fingerprint density at radius 2 is 1.48 bits per heavy atom. The van der Waals surface area contributed by atoms with Crippen molar-refractivity contribution in [2.45, 2.75) is 90.3 Å². The van der Waals surface area contributed by atoms with Gasteiger partial charge in [0.1, 0.15) is 47.1 Å². The van der Waals surface area contributed by atoms with Crippen molar-refractivity contribution in [2.24, 2.45) is 5.41 Å². The van der Waals surface area contributed by atoms with Crippen LogP contribution < -0.4 is 24.0 Å². The van der Waals surface area contributed by atoms with Gasteiger partial charge in [0.05, 0.1) is 53.6 Å². The van der Waals surface area contributed by atoms with Gasteiger partial charge >= 0.3 is 18.3 Å². The van der Waals surface area contributed by atoms with Crippen LogP contribution >= 0.6 is 11.6 Å². The number of methoxy groups -OCH3 is 2. The van der Waals surface area contributed by atoms with Gasteiger partial charge in [-0.25, -0.2) is 14.2 Å². The fraction of sp³-hybridized carbons (Fsp3) is 0.426. The SMILES string of the molecule is COc1ccc(CN(Cc2ccc(OC)cc2)c2cc(C)c(C(F)(F)F)c(-c3c(Cl)cc4c(N5CC6CCC(C5)N6C(=O)OC(C)(C)C)nc(OCC5(C=O)CC5)nc4c3F)n2)cc1. The minimum atomic E-state index is -4.97. The Morgan fingerprint density at radius 3 is 1.98 bits per heavy atom. The molecule has 1 amide bonds. The van der Waals surface area contributed by atoms with Gasteiger partial charge in [0.2, 0.25) is 0 Å². The molecule has 17 heteroatoms. The van der Waals surface area contributed by atoms with Crippen LogP contribution in [-0.2, 0) is 28.8 Å². The molecular formula is C47H49ClF4N6O6. The molecule has 64 heavy (non-hydrogen) atoms. The summed E-state index contributed by atoms with van der Waals surface area (Å²) in [4.78, 5) is 44.4. The highest BCUT2D eigenvalue weighted by Crippen LogP contribution is 2.47. The largest absolute Gasteiger partial charge is 0.497 e. The molecule has 1 saturated carbocycles. The summed E-state index contributed by atoms with van der Waals surface area (Å²) in [7, 11) is 3.10. The predicted octanol–water partition coefficient (Wildman–Crippen LogP) is 9.98. The van der Waals surface area contributed by atoms with E-state index in [1.165, 1.54) is 19.1 Å². The van der Waals surface area contributed by atoms with Crippen LogP contribution in [0.15, 0.2) is 60.7 Å². The summed E-state index contributed by atoms with van der Waals surface area (Å²) in [5.41, 5.74) is -2.84. The number of alkyl halides is 3. The van der Waals surface area contributed by atoms with Crippen LogP contribution in [-0.4, -0.2) is 83.8 Å². The number of aryl methyl sites for hydroxylation is 1. The van der Waals surface area contributed by atoms with Crippen LogP contribution in [0.25, 0.3) is 22.2 Å². The molecule has 1 aliphatic carbocycles. The maximum Gasteiger partial charge on any atom is 0.418 e. The van der Waals surface area contributed by atoms with Crippen LogP contribution in [0.3, 0.4) is 0 Å². The van der Waals surface area contributed by atoms with E-state index in [0.717, 1.165) is 17.4 Å². The summed E-state index contributed by atoms with van der Waals surface area (Å²) in [6.45, 7) is 7.64. The summed E-state index contributed by atoms with van der Waals surface area (Å²) >= 11 is 6.96. The lowest BCUT2D eigenvalue weighted by molar-refractivity contribution is -0.137. The van der Waals surface area contributed by atoms with Gasteiger partial charge in [-0.1, -0.05) is 35.9 Å². The molecule has 2 bridgehead atoms. The Hall–Kier alpha value is -5.90. The number of halogens is 5. The number of aldehydes is 1. The van der Waals surface area contributed by atoms with Gasteiger partial charge in [0, 0.05) is 31.6 Å². The Labute approximate surface area is 373 Å². The zero-order valence-corrected chi connectivity index (χ0v) is 37.1. The predicted molar refractivity (Wildman–Crippen MR) is 234 cm³/mol. The molecule has 3 fully saturated rings. The van der Waals surface area contributed by atoms with Crippen LogP contribution in [0.4, 0.5) is 34.0 Å². The van der Waals surface area contributed by atoms with E-state index in [4.69, 9.17) is 35.5 Å². The van der Waals surface area contributed by atoms with Crippen LogP contribution in [0.2, 0.25) is 5.02 Å². The van der Waals surface area contributed by atoms with Crippen molar-refractivity contribution in [2.75, 3.05) is 43.7 Å². The number of fused-ring (bicyclic) bond motifs is 3. The Balaban J connectivity index is 1.25. The fourth-order valence-corrected chi connectivity index (χ4v) is 8.79. The first-order valence-corrected chi connectivity index (χ1v) is 21.4. The molecule has 2 aliphatic heterocycles. The fourth-order valence-electron chi connectivity index (χ4n) is 8.51. The van der Waals surface area contributed by atoms with Crippen molar-refractivity contribution < 1.29 is 46.1 Å². The topological polar surface area (TPSA) is 119 Å². The molecule has 4 heterocycles. The average Bonchev–Trinajstić information content (AvgIpc) is 3.98. The van der Waals surface area contributed by atoms with Crippen LogP contribution in [0.5, 0.6) is 17.5 Å². The zero-order chi connectivity index (χ0) is 45.7. The molecule has 0 spiro atoms. The van der Waals surface area contributed by atoms with E-state index in [9.17, 15) is 9.59 Å². The number of carbonyl (C=O) groups is 2. The quantitative estimate of drug-likeness (QED) is 0.0830. The van der Waals surface area contributed by atoms with Crippen molar-refractivity contribution in [1.82, 2.24) is 19.9 Å². The van der Waals surface area contributed by atoms with E-state index in [1.807, 2.05) is 29.2 Å². The van der Waals surface area contributed by atoms with E-state index in [1.54, 1.807) is 69.1 Å². The van der Waals surface area contributed by atoms with Gasteiger partial charge in [-0.3, -0.25) is 4.90 Å². The monoisotopic (exact) mass is 904 g/mol. The molecule has 3 aromatic carbocycles. The third-order valence-corrected chi connectivity index (χ3v) is 12.3. The summed E-state index contributed by atoms with van der Waals surface area (Å²) < 4.78 is 85.8. The molecule has 12 nitrogen and oxygen atoms in total. The maximum atomic E-state index is 17.6. The third kappa shape index (κ3) is 9.19. The second kappa shape index (κ2) is 17.2. The van der Waals surface area contributed by atoms with Crippen molar-refractivity contribution >= 4 is 46.5 Å². The van der Waals surface area contributed by atoms with Gasteiger partial charge in [-0.15, -0.1) is 0 Å². The van der Waals surface area contributed by atoms with Crippen molar-refractivity contribution in [3.63, 3.8) is 0 Å². The van der Waals surface area contributed by atoms with Crippen molar-refractivity contribution in [3.05, 3.63) is 93.8 Å². The molecule has 5 aromatic rings. The number of rotatable bonds is 13. The highest BCUT2D eigenvalue weighted by Gasteiger charge is 2.46. The number of amides is 1. The molecular weight excluding hydrogens is 856 g/mol. The summed E-state index contributed by atoms with van der Waals surface area (Å²) in [6.07, 6.45) is -2.04.